The first-order chi connectivity index (χ1) is 12.7. The minimum Gasteiger partial charge on any atom is -0.334 e. The highest BCUT2D eigenvalue weighted by Gasteiger charge is 2.25. The van der Waals surface area contributed by atoms with E-state index < -0.39 is 0 Å². The molecule has 0 radical (unpaired) electrons. The highest BCUT2D eigenvalue weighted by Crippen LogP contribution is 2.18. The Morgan fingerprint density at radius 2 is 2.12 bits per heavy atom. The molecule has 1 aliphatic rings. The third-order valence-electron chi connectivity index (χ3n) is 5.30. The molecule has 1 aliphatic heterocycles. The number of carbonyl (C=O) groups excluding carboxylic acids is 1. The Morgan fingerprint density at radius 1 is 1.31 bits per heavy atom. The smallest absolute Gasteiger partial charge is 0.274 e. The number of hydrogen-bond acceptors (Lipinski definition) is 3. The molecule has 2 heterocycles. The van der Waals surface area contributed by atoms with Gasteiger partial charge in [0.1, 0.15) is 5.69 Å². The van der Waals surface area contributed by atoms with E-state index in [1.807, 2.05) is 34.8 Å². The van der Waals surface area contributed by atoms with Gasteiger partial charge in [-0.25, -0.2) is 0 Å². The Morgan fingerprint density at radius 3 is 2.77 bits per heavy atom. The molecule has 0 spiro atoms. The summed E-state index contributed by atoms with van der Waals surface area (Å²) in [5, 5.41) is 8.02. The molecule has 1 aromatic heterocycles. The second-order valence-electron chi connectivity index (χ2n) is 7.02. The van der Waals surface area contributed by atoms with Crippen molar-refractivity contribution >= 4 is 5.91 Å². The van der Waals surface area contributed by atoms with Gasteiger partial charge < -0.3 is 10.2 Å². The zero-order valence-electron chi connectivity index (χ0n) is 15.9. The summed E-state index contributed by atoms with van der Waals surface area (Å²) in [5.74, 6) is 0.0396. The van der Waals surface area contributed by atoms with Crippen LogP contribution >= 0.6 is 0 Å². The molecule has 0 saturated carbocycles. The number of nitrogens with zero attached hydrogens (tertiary/aromatic N) is 3. The molecule has 5 heteroatoms. The van der Waals surface area contributed by atoms with Gasteiger partial charge in [-0.3, -0.25) is 9.48 Å². The standard InChI is InChI=1S/C21H30N4O/c1-3-18(15-17-9-6-5-7-10-17)24(4-2)21(26)20-12-14-25(23-20)19-11-8-13-22-16-19/h5-7,9-10,12,14,18-19,22H,3-4,8,11,13,15-16H2,1-2H3. The van der Waals surface area contributed by atoms with E-state index >= 15 is 0 Å². The monoisotopic (exact) mass is 354 g/mol. The van der Waals surface area contributed by atoms with Crippen LogP contribution in [-0.4, -0.2) is 46.3 Å². The lowest BCUT2D eigenvalue weighted by atomic mass is 10.0. The van der Waals surface area contributed by atoms with Gasteiger partial charge >= 0.3 is 0 Å². The molecule has 140 valence electrons. The van der Waals surface area contributed by atoms with Gasteiger partial charge in [0, 0.05) is 25.3 Å². The summed E-state index contributed by atoms with van der Waals surface area (Å²) in [4.78, 5) is 15.1. The molecule has 3 rings (SSSR count). The van der Waals surface area contributed by atoms with E-state index in [1.165, 1.54) is 5.56 Å². The summed E-state index contributed by atoms with van der Waals surface area (Å²) in [6.45, 7) is 6.90. The van der Waals surface area contributed by atoms with Crippen LogP contribution in [0.15, 0.2) is 42.6 Å². The fraction of sp³-hybridized carbons (Fsp3) is 0.524. The van der Waals surface area contributed by atoms with Crippen LogP contribution in [0.25, 0.3) is 0 Å². The Bertz CT molecular complexity index is 691. The fourth-order valence-corrected chi connectivity index (χ4v) is 3.79. The summed E-state index contributed by atoms with van der Waals surface area (Å²) < 4.78 is 1.96. The van der Waals surface area contributed by atoms with Gasteiger partial charge in [-0.15, -0.1) is 0 Å². The van der Waals surface area contributed by atoms with Crippen molar-refractivity contribution in [2.45, 2.75) is 51.6 Å². The molecule has 26 heavy (non-hydrogen) atoms. The molecule has 2 atom stereocenters. The van der Waals surface area contributed by atoms with Crippen LogP contribution < -0.4 is 5.32 Å². The zero-order chi connectivity index (χ0) is 18.4. The molecule has 1 amide bonds. The largest absolute Gasteiger partial charge is 0.334 e. The van der Waals surface area contributed by atoms with Crippen molar-refractivity contribution in [3.63, 3.8) is 0 Å². The number of carbonyl (C=O) groups is 1. The van der Waals surface area contributed by atoms with E-state index in [1.54, 1.807) is 0 Å². The van der Waals surface area contributed by atoms with Gasteiger partial charge in [0.15, 0.2) is 0 Å². The van der Waals surface area contributed by atoms with E-state index in [0.717, 1.165) is 38.8 Å². The lowest BCUT2D eigenvalue weighted by Gasteiger charge is -2.30. The van der Waals surface area contributed by atoms with Crippen LogP contribution in [0, 0.1) is 0 Å². The predicted molar refractivity (Wildman–Crippen MR) is 104 cm³/mol. The number of benzene rings is 1. The average molecular weight is 354 g/mol. The number of amides is 1. The van der Waals surface area contributed by atoms with Crippen LogP contribution in [-0.2, 0) is 6.42 Å². The average Bonchev–Trinajstić information content (AvgIpc) is 3.19. The van der Waals surface area contributed by atoms with Crippen LogP contribution in [0.2, 0.25) is 0 Å². The summed E-state index contributed by atoms with van der Waals surface area (Å²) in [6.07, 6.45) is 6.04. The molecule has 0 bridgehead atoms. The van der Waals surface area contributed by atoms with Crippen molar-refractivity contribution < 1.29 is 4.79 Å². The van der Waals surface area contributed by atoms with E-state index in [0.29, 0.717) is 18.3 Å². The van der Waals surface area contributed by atoms with Crippen molar-refractivity contribution in [3.8, 4) is 0 Å². The van der Waals surface area contributed by atoms with Crippen molar-refractivity contribution in [1.29, 1.82) is 0 Å². The summed E-state index contributed by atoms with van der Waals surface area (Å²) in [7, 11) is 0. The first kappa shape index (κ1) is 18.6. The van der Waals surface area contributed by atoms with Gasteiger partial charge in [0.25, 0.3) is 5.91 Å². The second kappa shape index (κ2) is 8.99. The lowest BCUT2D eigenvalue weighted by Crippen LogP contribution is -2.41. The Labute approximate surface area is 156 Å². The quantitative estimate of drug-likeness (QED) is 0.830. The maximum Gasteiger partial charge on any atom is 0.274 e. The number of rotatable bonds is 7. The molecule has 1 N–H and O–H groups in total. The van der Waals surface area contributed by atoms with Gasteiger partial charge in [-0.2, -0.15) is 5.10 Å². The number of likely N-dealkylation sites (N-methyl/N-ethyl adjacent to an activating group) is 1. The zero-order valence-corrected chi connectivity index (χ0v) is 15.9. The highest BCUT2D eigenvalue weighted by molar-refractivity contribution is 5.92. The van der Waals surface area contributed by atoms with Crippen LogP contribution in [0.3, 0.4) is 0 Å². The third kappa shape index (κ3) is 4.33. The van der Waals surface area contributed by atoms with Gasteiger partial charge in [0.2, 0.25) is 0 Å². The topological polar surface area (TPSA) is 50.2 Å². The van der Waals surface area contributed by atoms with Crippen molar-refractivity contribution in [2.75, 3.05) is 19.6 Å². The Hall–Kier alpha value is -2.14. The van der Waals surface area contributed by atoms with Gasteiger partial charge in [-0.05, 0) is 50.8 Å². The van der Waals surface area contributed by atoms with Crippen molar-refractivity contribution in [1.82, 2.24) is 20.0 Å². The van der Waals surface area contributed by atoms with E-state index in [9.17, 15) is 4.79 Å². The Balaban J connectivity index is 1.72. The molecule has 5 nitrogen and oxygen atoms in total. The molecular weight excluding hydrogens is 324 g/mol. The van der Waals surface area contributed by atoms with E-state index in [2.05, 4.69) is 41.6 Å². The molecule has 1 aromatic carbocycles. The van der Waals surface area contributed by atoms with Crippen molar-refractivity contribution in [3.05, 3.63) is 53.9 Å². The summed E-state index contributed by atoms with van der Waals surface area (Å²) in [5.41, 5.74) is 1.83. The Kier molecular flexibility index (Phi) is 6.45. The minimum absolute atomic E-state index is 0.0396. The second-order valence-corrected chi connectivity index (χ2v) is 7.02. The molecular formula is C21H30N4O. The lowest BCUT2D eigenvalue weighted by molar-refractivity contribution is 0.0676. The van der Waals surface area contributed by atoms with E-state index in [-0.39, 0.29) is 11.9 Å². The molecule has 0 aliphatic carbocycles. The fourth-order valence-electron chi connectivity index (χ4n) is 3.79. The maximum absolute atomic E-state index is 13.1. The van der Waals surface area contributed by atoms with Gasteiger partial charge in [0.05, 0.1) is 6.04 Å². The number of nitrogens with one attached hydrogen (secondary N) is 1. The normalized spacial score (nSPS) is 18.5. The third-order valence-corrected chi connectivity index (χ3v) is 5.30. The predicted octanol–water partition coefficient (Wildman–Crippen LogP) is 3.29. The van der Waals surface area contributed by atoms with Crippen LogP contribution in [0.4, 0.5) is 0 Å². The van der Waals surface area contributed by atoms with Crippen LogP contribution in [0.1, 0.15) is 55.2 Å². The van der Waals surface area contributed by atoms with Gasteiger partial charge in [-0.1, -0.05) is 37.3 Å². The minimum atomic E-state index is 0.0396. The first-order valence-corrected chi connectivity index (χ1v) is 9.83. The molecule has 2 aromatic rings. The summed E-state index contributed by atoms with van der Waals surface area (Å²) >= 11 is 0. The van der Waals surface area contributed by atoms with Crippen LogP contribution in [0.5, 0.6) is 0 Å². The number of hydrogen-bond donors (Lipinski definition) is 1. The summed E-state index contributed by atoms with van der Waals surface area (Å²) in [6, 6.07) is 12.8. The molecule has 2 unspecified atom stereocenters. The maximum atomic E-state index is 13.1. The highest BCUT2D eigenvalue weighted by atomic mass is 16.2. The SMILES string of the molecule is CCC(Cc1ccccc1)N(CC)C(=O)c1ccn(C2CCCNC2)n1. The molecule has 1 saturated heterocycles. The molecule has 1 fully saturated rings. The van der Waals surface area contributed by atoms with E-state index in [4.69, 9.17) is 0 Å². The first-order valence-electron chi connectivity index (χ1n) is 9.83. The number of piperidine rings is 1. The van der Waals surface area contributed by atoms with Crippen molar-refractivity contribution in [2.24, 2.45) is 0 Å². The number of aromatic nitrogens is 2.